The Balaban J connectivity index is 1.93. The second kappa shape index (κ2) is 7.42. The van der Waals surface area contributed by atoms with Gasteiger partial charge in [-0.05, 0) is 24.1 Å². The van der Waals surface area contributed by atoms with Crippen LogP contribution in [0.4, 0.5) is 9.18 Å². The van der Waals surface area contributed by atoms with Gasteiger partial charge in [-0.2, -0.15) is 0 Å². The van der Waals surface area contributed by atoms with E-state index in [1.165, 1.54) is 19.2 Å². The highest BCUT2D eigenvalue weighted by Crippen LogP contribution is 2.20. The maximum Gasteiger partial charge on any atom is 0.318 e. The van der Waals surface area contributed by atoms with Crippen molar-refractivity contribution in [2.24, 2.45) is 0 Å². The molecule has 0 spiro atoms. The summed E-state index contributed by atoms with van der Waals surface area (Å²) in [5, 5.41) is 12.1. The highest BCUT2D eigenvalue weighted by Gasteiger charge is 2.34. The summed E-state index contributed by atoms with van der Waals surface area (Å²) in [5.74, 6) is -0.305. The van der Waals surface area contributed by atoms with Crippen molar-refractivity contribution >= 4 is 6.03 Å². The minimum absolute atomic E-state index is 0.0682. The van der Waals surface area contributed by atoms with Crippen LogP contribution in [0.5, 0.6) is 5.75 Å². The number of carbonyl (C=O) groups excluding carboxylic acids is 1. The third-order valence-corrected chi connectivity index (χ3v) is 3.84. The van der Waals surface area contributed by atoms with Crippen LogP contribution < -0.4 is 10.1 Å². The molecule has 6 nitrogen and oxygen atoms in total. The Bertz CT molecular complexity index is 526. The van der Waals surface area contributed by atoms with E-state index in [-0.39, 0.29) is 37.1 Å². The van der Waals surface area contributed by atoms with Gasteiger partial charge in [-0.3, -0.25) is 0 Å². The molecule has 0 unspecified atom stereocenters. The van der Waals surface area contributed by atoms with Crippen molar-refractivity contribution in [3.63, 3.8) is 0 Å². The summed E-state index contributed by atoms with van der Waals surface area (Å²) in [4.78, 5) is 13.7. The van der Waals surface area contributed by atoms with Gasteiger partial charge < -0.3 is 24.8 Å². The lowest BCUT2D eigenvalue weighted by atomic mass is 10.2. The van der Waals surface area contributed by atoms with Crippen LogP contribution in [0.25, 0.3) is 0 Å². The van der Waals surface area contributed by atoms with Crippen LogP contribution in [0.3, 0.4) is 0 Å². The molecule has 2 amide bonds. The van der Waals surface area contributed by atoms with Crippen molar-refractivity contribution in [3.8, 4) is 5.75 Å². The first-order chi connectivity index (χ1) is 10.6. The highest BCUT2D eigenvalue weighted by atomic mass is 19.1. The quantitative estimate of drug-likeness (QED) is 0.855. The van der Waals surface area contributed by atoms with Crippen LogP contribution in [-0.2, 0) is 11.3 Å². The molecule has 1 aromatic rings. The standard InChI is InChI=1S/C15H21FN2O4/c1-21-12-6-11(9-19)18(8-12)15(20)17-7-10-3-4-14(22-2)13(16)5-10/h3-5,11-12,19H,6-9H2,1-2H3,(H,17,20)/t11-,12+/m0/s1. The molecule has 0 aromatic heterocycles. The van der Waals surface area contributed by atoms with Gasteiger partial charge in [0.1, 0.15) is 0 Å². The summed E-state index contributed by atoms with van der Waals surface area (Å²) in [6.45, 7) is 0.529. The number of nitrogens with one attached hydrogen (secondary N) is 1. The molecular formula is C15H21FN2O4. The van der Waals surface area contributed by atoms with Crippen LogP contribution >= 0.6 is 0 Å². The number of aliphatic hydroxyl groups is 1. The van der Waals surface area contributed by atoms with Gasteiger partial charge >= 0.3 is 6.03 Å². The number of methoxy groups -OCH3 is 2. The van der Waals surface area contributed by atoms with E-state index in [4.69, 9.17) is 9.47 Å². The topological polar surface area (TPSA) is 71.0 Å². The second-order valence-electron chi connectivity index (χ2n) is 5.21. The number of amides is 2. The molecular weight excluding hydrogens is 291 g/mol. The van der Waals surface area contributed by atoms with E-state index in [0.717, 1.165) is 0 Å². The smallest absolute Gasteiger partial charge is 0.318 e. The molecule has 122 valence electrons. The predicted molar refractivity (Wildman–Crippen MR) is 78.2 cm³/mol. The summed E-state index contributed by atoms with van der Waals surface area (Å²) in [6.07, 6.45) is 0.541. The van der Waals surface area contributed by atoms with Gasteiger partial charge in [0.05, 0.1) is 25.9 Å². The Morgan fingerprint density at radius 3 is 2.86 bits per heavy atom. The molecule has 1 fully saturated rings. The number of rotatable bonds is 5. The van der Waals surface area contributed by atoms with Gasteiger partial charge in [0, 0.05) is 20.2 Å². The van der Waals surface area contributed by atoms with Crippen molar-refractivity contribution in [1.82, 2.24) is 10.2 Å². The van der Waals surface area contributed by atoms with E-state index in [0.29, 0.717) is 18.5 Å². The van der Waals surface area contributed by atoms with Gasteiger partial charge in [0.15, 0.2) is 11.6 Å². The van der Waals surface area contributed by atoms with E-state index in [9.17, 15) is 14.3 Å². The van der Waals surface area contributed by atoms with E-state index < -0.39 is 5.82 Å². The summed E-state index contributed by atoms with van der Waals surface area (Å²) < 4.78 is 23.7. The zero-order chi connectivity index (χ0) is 16.1. The Hall–Kier alpha value is -1.86. The zero-order valence-electron chi connectivity index (χ0n) is 12.7. The van der Waals surface area contributed by atoms with E-state index in [1.807, 2.05) is 0 Å². The number of likely N-dealkylation sites (tertiary alicyclic amines) is 1. The zero-order valence-corrected chi connectivity index (χ0v) is 12.7. The average molecular weight is 312 g/mol. The predicted octanol–water partition coefficient (Wildman–Crippen LogP) is 1.13. The normalized spacial score (nSPS) is 21.0. The van der Waals surface area contributed by atoms with E-state index >= 15 is 0 Å². The minimum Gasteiger partial charge on any atom is -0.494 e. The molecule has 22 heavy (non-hydrogen) atoms. The fourth-order valence-corrected chi connectivity index (χ4v) is 2.57. The number of nitrogens with zero attached hydrogens (tertiary/aromatic N) is 1. The first-order valence-corrected chi connectivity index (χ1v) is 7.09. The van der Waals surface area contributed by atoms with Crippen LogP contribution in [0.2, 0.25) is 0 Å². The van der Waals surface area contributed by atoms with E-state index in [2.05, 4.69) is 5.32 Å². The van der Waals surface area contributed by atoms with Gasteiger partial charge in [-0.15, -0.1) is 0 Å². The van der Waals surface area contributed by atoms with Crippen molar-refractivity contribution < 1.29 is 23.8 Å². The maximum atomic E-state index is 13.6. The van der Waals surface area contributed by atoms with Gasteiger partial charge in [-0.25, -0.2) is 9.18 Å². The van der Waals surface area contributed by atoms with Crippen molar-refractivity contribution in [1.29, 1.82) is 0 Å². The third-order valence-electron chi connectivity index (χ3n) is 3.84. The first-order valence-electron chi connectivity index (χ1n) is 7.09. The molecule has 1 saturated heterocycles. The van der Waals surface area contributed by atoms with Crippen molar-refractivity contribution in [3.05, 3.63) is 29.6 Å². The molecule has 0 saturated carbocycles. The van der Waals surface area contributed by atoms with Crippen LogP contribution in [0.1, 0.15) is 12.0 Å². The SMILES string of the molecule is COc1ccc(CNC(=O)N2C[C@H](OC)C[C@H]2CO)cc1F. The Kier molecular flexibility index (Phi) is 5.57. The molecule has 0 radical (unpaired) electrons. The number of hydrogen-bond donors (Lipinski definition) is 2. The van der Waals surface area contributed by atoms with Gasteiger partial charge in [-0.1, -0.05) is 6.07 Å². The fourth-order valence-electron chi connectivity index (χ4n) is 2.57. The van der Waals surface area contributed by atoms with Crippen molar-refractivity contribution in [2.45, 2.75) is 25.1 Å². The van der Waals surface area contributed by atoms with Crippen LogP contribution in [0.15, 0.2) is 18.2 Å². The number of ether oxygens (including phenoxy) is 2. The number of hydrogen-bond acceptors (Lipinski definition) is 4. The highest BCUT2D eigenvalue weighted by molar-refractivity contribution is 5.75. The van der Waals surface area contributed by atoms with Crippen LogP contribution in [0, 0.1) is 5.82 Å². The molecule has 1 aliphatic rings. The number of urea groups is 1. The van der Waals surface area contributed by atoms with E-state index in [1.54, 1.807) is 18.1 Å². The third kappa shape index (κ3) is 3.66. The summed E-state index contributed by atoms with van der Waals surface area (Å²) in [7, 11) is 2.98. The maximum absolute atomic E-state index is 13.6. The number of halogens is 1. The number of benzene rings is 1. The molecule has 2 rings (SSSR count). The summed E-state index contributed by atoms with van der Waals surface area (Å²) in [5.41, 5.74) is 0.634. The molecule has 0 aliphatic carbocycles. The average Bonchev–Trinajstić information content (AvgIpc) is 2.96. The van der Waals surface area contributed by atoms with Crippen molar-refractivity contribution in [2.75, 3.05) is 27.4 Å². The minimum atomic E-state index is -0.469. The van der Waals surface area contributed by atoms with Gasteiger partial charge in [0.25, 0.3) is 0 Å². The Labute approximate surface area is 128 Å². The molecule has 2 atom stereocenters. The number of aliphatic hydroxyl groups excluding tert-OH is 1. The molecule has 1 aliphatic heterocycles. The lowest BCUT2D eigenvalue weighted by Gasteiger charge is -2.23. The lowest BCUT2D eigenvalue weighted by Crippen LogP contribution is -2.44. The summed E-state index contributed by atoms with van der Waals surface area (Å²) >= 11 is 0. The fraction of sp³-hybridized carbons (Fsp3) is 0.533. The first kappa shape index (κ1) is 16.5. The lowest BCUT2D eigenvalue weighted by molar-refractivity contribution is 0.110. The summed E-state index contributed by atoms with van der Waals surface area (Å²) in [6, 6.07) is 3.98. The van der Waals surface area contributed by atoms with Crippen LogP contribution in [-0.4, -0.2) is 55.6 Å². The molecule has 1 aromatic carbocycles. The molecule has 1 heterocycles. The molecule has 0 bridgehead atoms. The second-order valence-corrected chi connectivity index (χ2v) is 5.21. The van der Waals surface area contributed by atoms with Gasteiger partial charge in [0.2, 0.25) is 0 Å². The Morgan fingerprint density at radius 2 is 2.27 bits per heavy atom. The molecule has 7 heteroatoms. The largest absolute Gasteiger partial charge is 0.494 e. The Morgan fingerprint density at radius 1 is 1.50 bits per heavy atom. The number of carbonyl (C=O) groups is 1. The monoisotopic (exact) mass is 312 g/mol. The molecule has 2 N–H and O–H groups in total.